The van der Waals surface area contributed by atoms with Gasteiger partial charge < -0.3 is 11.1 Å². The Morgan fingerprint density at radius 3 is 2.82 bits per heavy atom. The first-order chi connectivity index (χ1) is 7.93. The summed E-state index contributed by atoms with van der Waals surface area (Å²) in [4.78, 5) is 0.172. The zero-order valence-electron chi connectivity index (χ0n) is 9.56. The van der Waals surface area contributed by atoms with E-state index in [0.29, 0.717) is 11.5 Å². The van der Waals surface area contributed by atoms with Crippen molar-refractivity contribution in [3.63, 3.8) is 0 Å². The lowest BCUT2D eigenvalue weighted by Gasteiger charge is -2.07. The molecule has 0 spiro atoms. The Balaban J connectivity index is 2.32. The van der Waals surface area contributed by atoms with E-state index < -0.39 is 9.84 Å². The number of hydrogen-bond acceptors (Lipinski definition) is 6. The molecule has 1 fully saturated rings. The largest absolute Gasteiger partial charge is 0.382 e. The maximum Gasteiger partial charge on any atom is 0.187 e. The van der Waals surface area contributed by atoms with E-state index >= 15 is 0 Å². The highest BCUT2D eigenvalue weighted by Crippen LogP contribution is 2.40. The molecule has 0 amide bonds. The van der Waals surface area contributed by atoms with Crippen molar-refractivity contribution >= 4 is 32.2 Å². The molecule has 0 bridgehead atoms. The number of rotatable bonds is 5. The summed E-state index contributed by atoms with van der Waals surface area (Å²) >= 11 is 1.08. The Labute approximate surface area is 105 Å². The van der Waals surface area contributed by atoms with E-state index in [-0.39, 0.29) is 16.0 Å². The maximum absolute atomic E-state index is 12.2. The highest BCUT2D eigenvalue weighted by molar-refractivity contribution is 7.92. The molecule has 3 N–H and O–H groups in total. The summed E-state index contributed by atoms with van der Waals surface area (Å²) in [7, 11) is -3.30. The van der Waals surface area contributed by atoms with Gasteiger partial charge in [-0.3, -0.25) is 0 Å². The van der Waals surface area contributed by atoms with E-state index in [0.717, 1.165) is 29.9 Å². The van der Waals surface area contributed by atoms with Crippen LogP contribution in [0.2, 0.25) is 0 Å². The normalized spacial score (nSPS) is 15.8. The summed E-state index contributed by atoms with van der Waals surface area (Å²) in [6.07, 6.45) is 1.44. The number of nitrogens with zero attached hydrogens (tertiary/aromatic N) is 1. The number of nitrogen functional groups attached to an aromatic ring is 1. The first-order valence-electron chi connectivity index (χ1n) is 5.30. The molecule has 0 unspecified atom stereocenters. The lowest BCUT2D eigenvalue weighted by molar-refractivity contribution is 0.595. The first kappa shape index (κ1) is 12.4. The second-order valence-electron chi connectivity index (χ2n) is 4.28. The summed E-state index contributed by atoms with van der Waals surface area (Å²) in [6, 6.07) is 0. The van der Waals surface area contributed by atoms with Crippen LogP contribution in [0.15, 0.2) is 17.0 Å². The molecule has 94 valence electrons. The second-order valence-corrected chi connectivity index (χ2v) is 7.22. The van der Waals surface area contributed by atoms with Crippen molar-refractivity contribution in [2.45, 2.75) is 29.9 Å². The van der Waals surface area contributed by atoms with Gasteiger partial charge >= 0.3 is 0 Å². The predicted octanol–water partition coefficient (Wildman–Crippen LogP) is 1.65. The van der Waals surface area contributed by atoms with Gasteiger partial charge in [0.05, 0.1) is 5.25 Å². The Kier molecular flexibility index (Phi) is 3.13. The van der Waals surface area contributed by atoms with Gasteiger partial charge in [-0.25, -0.2) is 8.42 Å². The van der Waals surface area contributed by atoms with Crippen LogP contribution < -0.4 is 11.1 Å². The molecule has 0 atom stereocenters. The predicted molar refractivity (Wildman–Crippen MR) is 70.0 cm³/mol. The van der Waals surface area contributed by atoms with E-state index in [9.17, 15) is 8.42 Å². The van der Waals surface area contributed by atoms with Crippen LogP contribution in [0.1, 0.15) is 19.8 Å². The van der Waals surface area contributed by atoms with Gasteiger partial charge in [-0.15, -0.1) is 0 Å². The van der Waals surface area contributed by atoms with E-state index in [4.69, 9.17) is 5.73 Å². The van der Waals surface area contributed by atoms with Gasteiger partial charge in [0.25, 0.3) is 0 Å². The first-order valence-corrected chi connectivity index (χ1v) is 7.62. The molecular formula is C10H15N3O2S2. The molecule has 7 heteroatoms. The lowest BCUT2D eigenvalue weighted by Crippen LogP contribution is -2.12. The van der Waals surface area contributed by atoms with Crippen LogP contribution in [0.25, 0.3) is 0 Å². The van der Waals surface area contributed by atoms with Crippen molar-refractivity contribution in [3.8, 4) is 0 Å². The fraction of sp³-hybridized carbons (Fsp3) is 0.500. The Morgan fingerprint density at radius 1 is 1.65 bits per heavy atom. The van der Waals surface area contributed by atoms with E-state index in [1.54, 1.807) is 0 Å². The van der Waals surface area contributed by atoms with Crippen LogP contribution in [0, 0.1) is 0 Å². The molecule has 0 saturated heterocycles. The average molecular weight is 273 g/mol. The van der Waals surface area contributed by atoms with Crippen molar-refractivity contribution in [1.29, 1.82) is 0 Å². The van der Waals surface area contributed by atoms with Crippen molar-refractivity contribution in [2.24, 2.45) is 0 Å². The van der Waals surface area contributed by atoms with Crippen molar-refractivity contribution in [1.82, 2.24) is 4.37 Å². The highest BCUT2D eigenvalue weighted by atomic mass is 32.2. The van der Waals surface area contributed by atoms with Gasteiger partial charge in [0.2, 0.25) is 0 Å². The molecule has 2 rings (SSSR count). The number of nitrogens with two attached hydrogens (primary N) is 1. The summed E-state index contributed by atoms with van der Waals surface area (Å²) in [6.45, 7) is 6.15. The van der Waals surface area contributed by atoms with E-state index in [2.05, 4.69) is 16.3 Å². The minimum absolute atomic E-state index is 0.103. The van der Waals surface area contributed by atoms with Gasteiger partial charge in [0, 0.05) is 6.54 Å². The van der Waals surface area contributed by atoms with Gasteiger partial charge in [-0.05, 0) is 31.3 Å². The van der Waals surface area contributed by atoms with E-state index in [1.165, 1.54) is 0 Å². The summed E-state index contributed by atoms with van der Waals surface area (Å²) < 4.78 is 28.3. The number of nitrogens with one attached hydrogen (secondary N) is 1. The molecule has 0 aromatic carbocycles. The van der Waals surface area contributed by atoms with Gasteiger partial charge in [0.15, 0.2) is 15.7 Å². The molecule has 1 saturated carbocycles. The highest BCUT2D eigenvalue weighted by Gasteiger charge is 2.40. The van der Waals surface area contributed by atoms with Crippen molar-refractivity contribution < 1.29 is 8.42 Å². The third-order valence-electron chi connectivity index (χ3n) is 2.47. The summed E-state index contributed by atoms with van der Waals surface area (Å²) in [5, 5.41) is 3.27. The zero-order chi connectivity index (χ0) is 12.6. The van der Waals surface area contributed by atoms with Gasteiger partial charge in [0.1, 0.15) is 9.90 Å². The molecule has 1 aliphatic rings. The minimum Gasteiger partial charge on any atom is -0.382 e. The lowest BCUT2D eigenvalue weighted by atomic mass is 10.3. The number of sulfone groups is 1. The SMILES string of the molecule is C=C(C)CNc1snc(N)c1S(=O)(=O)C1CC1. The monoisotopic (exact) mass is 273 g/mol. The third-order valence-corrected chi connectivity index (χ3v) is 5.75. The molecule has 1 aromatic rings. The number of hydrogen-bond donors (Lipinski definition) is 2. The molecule has 17 heavy (non-hydrogen) atoms. The quantitative estimate of drug-likeness (QED) is 0.797. The average Bonchev–Trinajstić information content (AvgIpc) is 3.00. The molecule has 1 aromatic heterocycles. The molecule has 0 radical (unpaired) electrons. The summed E-state index contributed by atoms with van der Waals surface area (Å²) in [5.41, 5.74) is 6.58. The standard InChI is InChI=1S/C10H15N3O2S2/c1-6(2)5-12-10-8(9(11)13-16-10)17(14,15)7-3-4-7/h7,12H,1,3-5H2,2H3,(H2,11,13). The van der Waals surface area contributed by atoms with Crippen LogP contribution in [-0.2, 0) is 9.84 Å². The van der Waals surface area contributed by atoms with Crippen molar-refractivity contribution in [3.05, 3.63) is 12.2 Å². The second kappa shape index (κ2) is 4.30. The molecule has 5 nitrogen and oxygen atoms in total. The number of anilines is 2. The van der Waals surface area contributed by atoms with Crippen LogP contribution >= 0.6 is 11.5 Å². The molecule has 1 aliphatic carbocycles. The van der Waals surface area contributed by atoms with Crippen molar-refractivity contribution in [2.75, 3.05) is 17.6 Å². The van der Waals surface area contributed by atoms with Crippen LogP contribution in [0.4, 0.5) is 10.8 Å². The topological polar surface area (TPSA) is 85.1 Å². The third kappa shape index (κ3) is 2.44. The smallest absolute Gasteiger partial charge is 0.187 e. The fourth-order valence-corrected chi connectivity index (χ4v) is 4.34. The Bertz CT molecular complexity index is 544. The molecule has 0 aliphatic heterocycles. The van der Waals surface area contributed by atoms with Gasteiger partial charge in [-0.2, -0.15) is 4.37 Å². The maximum atomic E-state index is 12.2. The summed E-state index contributed by atoms with van der Waals surface area (Å²) in [5.74, 6) is 0.103. The van der Waals surface area contributed by atoms with Crippen LogP contribution in [0.5, 0.6) is 0 Å². The molecule has 1 heterocycles. The van der Waals surface area contributed by atoms with Crippen LogP contribution in [0.3, 0.4) is 0 Å². The molecular weight excluding hydrogens is 258 g/mol. The zero-order valence-corrected chi connectivity index (χ0v) is 11.2. The Morgan fingerprint density at radius 2 is 2.29 bits per heavy atom. The fourth-order valence-electron chi connectivity index (χ4n) is 1.46. The van der Waals surface area contributed by atoms with Gasteiger partial charge in [-0.1, -0.05) is 12.2 Å². The van der Waals surface area contributed by atoms with E-state index in [1.807, 2.05) is 6.92 Å². The Hall–Kier alpha value is -1.08. The van der Waals surface area contributed by atoms with Crippen LogP contribution in [-0.4, -0.2) is 24.6 Å². The number of aromatic nitrogens is 1. The minimum atomic E-state index is -3.30.